The summed E-state index contributed by atoms with van der Waals surface area (Å²) >= 11 is 0. The maximum atomic E-state index is 12.6. The normalized spacial score (nSPS) is 11.8. The van der Waals surface area contributed by atoms with Gasteiger partial charge in [-0.25, -0.2) is 0 Å². The summed E-state index contributed by atoms with van der Waals surface area (Å²) in [5.41, 5.74) is -0.556. The Bertz CT molecular complexity index is 638. The zero-order chi connectivity index (χ0) is 13.5. The van der Waals surface area contributed by atoms with Crippen LogP contribution in [0.5, 0.6) is 0 Å². The first kappa shape index (κ1) is 12.5. The first-order chi connectivity index (χ1) is 8.30. The number of benzene rings is 1. The summed E-state index contributed by atoms with van der Waals surface area (Å²) in [6.07, 6.45) is -2.89. The van der Waals surface area contributed by atoms with Crippen molar-refractivity contribution in [3.8, 4) is 11.1 Å². The van der Waals surface area contributed by atoms with Gasteiger partial charge in [-0.1, -0.05) is 12.1 Å². The first-order valence-electron chi connectivity index (χ1n) is 5.21. The maximum absolute atomic E-state index is 12.6. The smallest absolute Gasteiger partial charge is 0.293 e. The van der Waals surface area contributed by atoms with Gasteiger partial charge in [-0.2, -0.15) is 13.2 Å². The quantitative estimate of drug-likeness (QED) is 0.769. The molecule has 0 unspecified atom stereocenters. The lowest BCUT2D eigenvalue weighted by Crippen LogP contribution is -2.17. The average molecular weight is 256 g/mol. The van der Waals surface area contributed by atoms with E-state index < -0.39 is 11.7 Å². The predicted octanol–water partition coefficient (Wildman–Crippen LogP) is 2.41. The van der Waals surface area contributed by atoms with Gasteiger partial charge >= 0.3 is 6.18 Å². The minimum Gasteiger partial charge on any atom is -0.293 e. The number of aryl methyl sites for hydroxylation is 1. The molecule has 0 bridgehead atoms. The maximum Gasteiger partial charge on any atom is 0.416 e. The van der Waals surface area contributed by atoms with E-state index >= 15 is 0 Å². The Labute approximate surface area is 101 Å². The van der Waals surface area contributed by atoms with Crippen LogP contribution in [0.1, 0.15) is 5.56 Å². The average Bonchev–Trinajstić information content (AvgIpc) is 2.56. The highest BCUT2D eigenvalue weighted by molar-refractivity contribution is 5.62. The van der Waals surface area contributed by atoms with Gasteiger partial charge in [0, 0.05) is 20.3 Å². The summed E-state index contributed by atoms with van der Waals surface area (Å²) in [4.78, 5) is 11.8. The highest BCUT2D eigenvalue weighted by atomic mass is 19.4. The minimum atomic E-state index is -4.41. The van der Waals surface area contributed by atoms with E-state index in [1.165, 1.54) is 27.7 Å². The van der Waals surface area contributed by atoms with Gasteiger partial charge in [-0.15, -0.1) is 0 Å². The van der Waals surface area contributed by atoms with E-state index in [-0.39, 0.29) is 16.7 Å². The second kappa shape index (κ2) is 4.04. The molecule has 0 amide bonds. The van der Waals surface area contributed by atoms with Gasteiger partial charge in [-0.05, 0) is 17.7 Å². The van der Waals surface area contributed by atoms with Crippen molar-refractivity contribution in [2.45, 2.75) is 6.18 Å². The zero-order valence-corrected chi connectivity index (χ0v) is 9.82. The van der Waals surface area contributed by atoms with Crippen LogP contribution in [-0.4, -0.2) is 9.36 Å². The Morgan fingerprint density at radius 3 is 2.33 bits per heavy atom. The molecule has 1 aromatic heterocycles. The fourth-order valence-electron chi connectivity index (χ4n) is 1.71. The molecule has 0 radical (unpaired) electrons. The number of halogens is 3. The van der Waals surface area contributed by atoms with Crippen molar-refractivity contribution in [3.63, 3.8) is 0 Å². The third kappa shape index (κ3) is 2.05. The van der Waals surface area contributed by atoms with Gasteiger partial charge < -0.3 is 0 Å². The molecule has 96 valence electrons. The largest absolute Gasteiger partial charge is 0.416 e. The lowest BCUT2D eigenvalue weighted by Gasteiger charge is -2.07. The van der Waals surface area contributed by atoms with Crippen LogP contribution < -0.4 is 5.56 Å². The molecule has 0 aliphatic heterocycles. The summed E-state index contributed by atoms with van der Waals surface area (Å²) in [5.74, 6) is 0. The van der Waals surface area contributed by atoms with Crippen LogP contribution in [-0.2, 0) is 20.3 Å². The number of aromatic nitrogens is 2. The van der Waals surface area contributed by atoms with Crippen LogP contribution >= 0.6 is 0 Å². The monoisotopic (exact) mass is 256 g/mol. The fraction of sp³-hybridized carbons (Fsp3) is 0.250. The number of hydrogen-bond acceptors (Lipinski definition) is 1. The van der Waals surface area contributed by atoms with Gasteiger partial charge in [0.2, 0.25) is 0 Å². The van der Waals surface area contributed by atoms with Crippen LogP contribution in [0.2, 0.25) is 0 Å². The summed E-state index contributed by atoms with van der Waals surface area (Å²) in [5, 5.41) is 0. The Balaban J connectivity index is 2.59. The van der Waals surface area contributed by atoms with Crippen molar-refractivity contribution in [2.75, 3.05) is 0 Å². The third-order valence-corrected chi connectivity index (χ3v) is 2.81. The van der Waals surface area contributed by atoms with E-state index in [2.05, 4.69) is 0 Å². The van der Waals surface area contributed by atoms with E-state index in [0.29, 0.717) is 0 Å². The van der Waals surface area contributed by atoms with Crippen molar-refractivity contribution >= 4 is 0 Å². The highest BCUT2D eigenvalue weighted by Crippen LogP contribution is 2.31. The molecule has 6 heteroatoms. The Morgan fingerprint density at radius 2 is 1.83 bits per heavy atom. The zero-order valence-electron chi connectivity index (χ0n) is 9.82. The van der Waals surface area contributed by atoms with Crippen molar-refractivity contribution in [1.29, 1.82) is 0 Å². The molecule has 1 heterocycles. The minimum absolute atomic E-state index is 0.256. The SMILES string of the molecule is Cn1cc(-c2cccc(C(F)(F)F)c2)c(=O)n1C. The van der Waals surface area contributed by atoms with E-state index in [9.17, 15) is 18.0 Å². The number of nitrogens with zero attached hydrogens (tertiary/aromatic N) is 2. The summed E-state index contributed by atoms with van der Waals surface area (Å²) in [6, 6.07) is 4.75. The van der Waals surface area contributed by atoms with Gasteiger partial charge in [0.1, 0.15) is 0 Å². The Morgan fingerprint density at radius 1 is 1.17 bits per heavy atom. The molecule has 1 aromatic carbocycles. The molecular weight excluding hydrogens is 245 g/mol. The van der Waals surface area contributed by atoms with Crippen LogP contribution in [0.15, 0.2) is 35.3 Å². The molecule has 0 fully saturated rings. The van der Waals surface area contributed by atoms with Crippen LogP contribution in [0.4, 0.5) is 13.2 Å². The van der Waals surface area contributed by atoms with Gasteiger partial charge in [-0.3, -0.25) is 14.2 Å². The Hall–Kier alpha value is -1.98. The Kier molecular flexibility index (Phi) is 2.80. The predicted molar refractivity (Wildman–Crippen MR) is 61.1 cm³/mol. The standard InChI is InChI=1S/C12H11F3N2O/c1-16-7-10(11(18)17(16)2)8-4-3-5-9(6-8)12(13,14)15/h3-7H,1-2H3. The second-order valence-electron chi connectivity index (χ2n) is 4.02. The third-order valence-electron chi connectivity index (χ3n) is 2.81. The van der Waals surface area contributed by atoms with Crippen molar-refractivity contribution in [3.05, 3.63) is 46.4 Å². The molecule has 2 aromatic rings. The number of hydrogen-bond donors (Lipinski definition) is 0. The molecule has 18 heavy (non-hydrogen) atoms. The van der Waals surface area contributed by atoms with E-state index in [4.69, 9.17) is 0 Å². The topological polar surface area (TPSA) is 26.9 Å². The summed E-state index contributed by atoms with van der Waals surface area (Å²) in [7, 11) is 3.21. The van der Waals surface area contributed by atoms with Crippen molar-refractivity contribution < 1.29 is 13.2 Å². The van der Waals surface area contributed by atoms with Crippen LogP contribution in [0.3, 0.4) is 0 Å². The molecule has 0 atom stereocenters. The van der Waals surface area contributed by atoms with E-state index in [0.717, 1.165) is 12.1 Å². The molecule has 0 N–H and O–H groups in total. The second-order valence-corrected chi connectivity index (χ2v) is 4.02. The molecule has 0 spiro atoms. The molecule has 0 saturated carbocycles. The highest BCUT2D eigenvalue weighted by Gasteiger charge is 2.30. The van der Waals surface area contributed by atoms with Crippen molar-refractivity contribution in [1.82, 2.24) is 9.36 Å². The molecular formula is C12H11F3N2O. The van der Waals surface area contributed by atoms with Crippen LogP contribution in [0, 0.1) is 0 Å². The van der Waals surface area contributed by atoms with E-state index in [1.807, 2.05) is 0 Å². The molecule has 0 aliphatic rings. The van der Waals surface area contributed by atoms with Gasteiger partial charge in [0.05, 0.1) is 11.1 Å². The molecule has 0 saturated heterocycles. The molecule has 0 aliphatic carbocycles. The lowest BCUT2D eigenvalue weighted by molar-refractivity contribution is -0.137. The van der Waals surface area contributed by atoms with Gasteiger partial charge in [0.15, 0.2) is 0 Å². The van der Waals surface area contributed by atoms with Crippen LogP contribution in [0.25, 0.3) is 11.1 Å². The number of rotatable bonds is 1. The van der Waals surface area contributed by atoms with Crippen molar-refractivity contribution in [2.24, 2.45) is 14.1 Å². The summed E-state index contributed by atoms with van der Waals surface area (Å²) in [6.45, 7) is 0. The molecule has 3 nitrogen and oxygen atoms in total. The van der Waals surface area contributed by atoms with E-state index in [1.54, 1.807) is 14.1 Å². The van der Waals surface area contributed by atoms with Gasteiger partial charge in [0.25, 0.3) is 5.56 Å². The first-order valence-corrected chi connectivity index (χ1v) is 5.21. The fourth-order valence-corrected chi connectivity index (χ4v) is 1.71. The summed E-state index contributed by atoms with van der Waals surface area (Å²) < 4.78 is 40.6. The number of alkyl halides is 3. The molecule has 2 rings (SSSR count). The lowest BCUT2D eigenvalue weighted by atomic mass is 10.1.